The highest BCUT2D eigenvalue weighted by atomic mass is 16.5. The Morgan fingerprint density at radius 3 is 2.73 bits per heavy atom. The van der Waals surface area contributed by atoms with Crippen LogP contribution in [0.5, 0.6) is 5.75 Å². The fourth-order valence-electron chi connectivity index (χ4n) is 1.55. The number of rotatable bonds is 2. The third-order valence-electron chi connectivity index (χ3n) is 2.31. The van der Waals surface area contributed by atoms with Gasteiger partial charge in [-0.05, 0) is 23.6 Å². The first-order valence-electron chi connectivity index (χ1n) is 4.52. The first kappa shape index (κ1) is 9.52. The van der Waals surface area contributed by atoms with Gasteiger partial charge >= 0.3 is 5.97 Å². The van der Waals surface area contributed by atoms with Crippen molar-refractivity contribution in [3.63, 3.8) is 0 Å². The summed E-state index contributed by atoms with van der Waals surface area (Å²) in [6, 6.07) is 10.6. The Morgan fingerprint density at radius 2 is 2.07 bits per heavy atom. The monoisotopic (exact) mass is 202 g/mol. The molecule has 3 heteroatoms. The Kier molecular flexibility index (Phi) is 2.29. The van der Waals surface area contributed by atoms with Crippen LogP contribution in [-0.4, -0.2) is 18.2 Å². The number of carboxylic acid groups (broad SMARTS) is 1. The van der Waals surface area contributed by atoms with Crippen LogP contribution in [0, 0.1) is 0 Å². The molecule has 0 aliphatic carbocycles. The molecule has 1 N–H and O–H groups in total. The minimum absolute atomic E-state index is 0.270. The van der Waals surface area contributed by atoms with E-state index < -0.39 is 5.97 Å². The van der Waals surface area contributed by atoms with Gasteiger partial charge in [-0.3, -0.25) is 0 Å². The van der Waals surface area contributed by atoms with Gasteiger partial charge in [0.2, 0.25) is 0 Å². The number of fused-ring (bicyclic) bond motifs is 1. The molecule has 0 heterocycles. The fraction of sp³-hybridized carbons (Fsp3) is 0.0833. The molecule has 2 rings (SSSR count). The molecule has 0 bridgehead atoms. The van der Waals surface area contributed by atoms with Gasteiger partial charge in [-0.15, -0.1) is 0 Å². The van der Waals surface area contributed by atoms with Crippen molar-refractivity contribution >= 4 is 16.7 Å². The standard InChI is InChI=1S/C12H10O3/c1-15-11-4-2-3-8-5-6-9(12(13)14)7-10(8)11/h2-7H,1H3,(H,13,14). The van der Waals surface area contributed by atoms with Crippen molar-refractivity contribution in [3.8, 4) is 5.75 Å². The van der Waals surface area contributed by atoms with Crippen molar-refractivity contribution in [2.45, 2.75) is 0 Å². The smallest absolute Gasteiger partial charge is 0.335 e. The number of ether oxygens (including phenoxy) is 1. The molecule has 0 amide bonds. The Labute approximate surface area is 86.9 Å². The molecule has 2 aromatic rings. The first-order valence-corrected chi connectivity index (χ1v) is 4.52. The predicted molar refractivity (Wildman–Crippen MR) is 57.5 cm³/mol. The zero-order valence-corrected chi connectivity index (χ0v) is 8.23. The summed E-state index contributed by atoms with van der Waals surface area (Å²) in [7, 11) is 1.57. The first-order chi connectivity index (χ1) is 7.22. The van der Waals surface area contributed by atoms with Crippen LogP contribution in [0.25, 0.3) is 10.8 Å². The van der Waals surface area contributed by atoms with Crippen molar-refractivity contribution in [2.24, 2.45) is 0 Å². The summed E-state index contributed by atoms with van der Waals surface area (Å²) in [5, 5.41) is 10.7. The molecule has 0 unspecified atom stereocenters. The van der Waals surface area contributed by atoms with Gasteiger partial charge in [0.05, 0.1) is 12.7 Å². The summed E-state index contributed by atoms with van der Waals surface area (Å²) >= 11 is 0. The number of benzene rings is 2. The number of hydrogen-bond acceptors (Lipinski definition) is 2. The number of aromatic carboxylic acids is 1. The largest absolute Gasteiger partial charge is 0.496 e. The summed E-state index contributed by atoms with van der Waals surface area (Å²) in [5.41, 5.74) is 0.270. The topological polar surface area (TPSA) is 46.5 Å². The van der Waals surface area contributed by atoms with E-state index in [9.17, 15) is 4.79 Å². The lowest BCUT2D eigenvalue weighted by Gasteiger charge is -2.05. The average molecular weight is 202 g/mol. The molecule has 0 fully saturated rings. The summed E-state index contributed by atoms with van der Waals surface area (Å²) in [6.45, 7) is 0. The second kappa shape index (κ2) is 3.61. The molecule has 0 aliphatic rings. The lowest BCUT2D eigenvalue weighted by Crippen LogP contribution is -1.95. The average Bonchev–Trinajstić information content (AvgIpc) is 2.27. The molecule has 0 radical (unpaired) electrons. The van der Waals surface area contributed by atoms with Crippen molar-refractivity contribution in [3.05, 3.63) is 42.0 Å². The van der Waals surface area contributed by atoms with Crippen molar-refractivity contribution in [1.29, 1.82) is 0 Å². The van der Waals surface area contributed by atoms with Gasteiger partial charge in [-0.2, -0.15) is 0 Å². The van der Waals surface area contributed by atoms with E-state index in [-0.39, 0.29) is 5.56 Å². The van der Waals surface area contributed by atoms with Crippen molar-refractivity contribution < 1.29 is 14.6 Å². The number of carbonyl (C=O) groups is 1. The van der Waals surface area contributed by atoms with Crippen LogP contribution in [0.15, 0.2) is 36.4 Å². The Balaban J connectivity index is 2.72. The molecular formula is C12H10O3. The molecule has 0 aromatic heterocycles. The van der Waals surface area contributed by atoms with Gasteiger partial charge in [0.1, 0.15) is 5.75 Å². The summed E-state index contributed by atoms with van der Waals surface area (Å²) < 4.78 is 5.17. The molecule has 0 spiro atoms. The van der Waals surface area contributed by atoms with Crippen LogP contribution < -0.4 is 4.74 Å². The highest BCUT2D eigenvalue weighted by molar-refractivity contribution is 5.96. The summed E-state index contributed by atoms with van der Waals surface area (Å²) in [4.78, 5) is 10.8. The predicted octanol–water partition coefficient (Wildman–Crippen LogP) is 2.55. The number of methoxy groups -OCH3 is 1. The highest BCUT2D eigenvalue weighted by Crippen LogP contribution is 2.26. The van der Waals surface area contributed by atoms with Crippen LogP contribution in [0.3, 0.4) is 0 Å². The lowest BCUT2D eigenvalue weighted by molar-refractivity contribution is 0.0697. The molecule has 0 saturated carbocycles. The third-order valence-corrected chi connectivity index (χ3v) is 2.31. The minimum Gasteiger partial charge on any atom is -0.496 e. The Bertz CT molecular complexity index is 517. The van der Waals surface area contributed by atoms with E-state index in [0.717, 1.165) is 10.8 Å². The molecule has 76 valence electrons. The van der Waals surface area contributed by atoms with E-state index in [2.05, 4.69) is 0 Å². The highest BCUT2D eigenvalue weighted by Gasteiger charge is 2.06. The van der Waals surface area contributed by atoms with Gasteiger partial charge in [-0.1, -0.05) is 18.2 Å². The van der Waals surface area contributed by atoms with Gasteiger partial charge in [0, 0.05) is 5.39 Å². The SMILES string of the molecule is COc1cccc2ccc(C(=O)O)cc12. The van der Waals surface area contributed by atoms with Gasteiger partial charge in [0.25, 0.3) is 0 Å². The van der Waals surface area contributed by atoms with E-state index in [0.29, 0.717) is 5.75 Å². The van der Waals surface area contributed by atoms with E-state index in [1.165, 1.54) is 0 Å². The quantitative estimate of drug-likeness (QED) is 0.814. The number of carboxylic acids is 1. The molecule has 15 heavy (non-hydrogen) atoms. The molecular weight excluding hydrogens is 192 g/mol. The summed E-state index contributed by atoms with van der Waals surface area (Å²) in [6.07, 6.45) is 0. The lowest BCUT2D eigenvalue weighted by atomic mass is 10.1. The van der Waals surface area contributed by atoms with Gasteiger partial charge in [0.15, 0.2) is 0 Å². The number of hydrogen-bond donors (Lipinski definition) is 1. The van der Waals surface area contributed by atoms with E-state index >= 15 is 0 Å². The maximum absolute atomic E-state index is 10.8. The molecule has 0 saturated heterocycles. The van der Waals surface area contributed by atoms with Gasteiger partial charge in [-0.25, -0.2) is 4.79 Å². The third kappa shape index (κ3) is 1.64. The van der Waals surface area contributed by atoms with E-state index in [4.69, 9.17) is 9.84 Å². The second-order valence-corrected chi connectivity index (χ2v) is 3.20. The normalized spacial score (nSPS) is 10.2. The van der Waals surface area contributed by atoms with Crippen LogP contribution in [0.4, 0.5) is 0 Å². The van der Waals surface area contributed by atoms with Crippen LogP contribution >= 0.6 is 0 Å². The maximum atomic E-state index is 10.8. The summed E-state index contributed by atoms with van der Waals surface area (Å²) in [5.74, 6) is -0.238. The molecule has 0 aliphatic heterocycles. The van der Waals surface area contributed by atoms with Crippen LogP contribution in [-0.2, 0) is 0 Å². The zero-order valence-electron chi connectivity index (χ0n) is 8.23. The fourth-order valence-corrected chi connectivity index (χ4v) is 1.55. The van der Waals surface area contributed by atoms with Crippen molar-refractivity contribution in [1.82, 2.24) is 0 Å². The Morgan fingerprint density at radius 1 is 1.27 bits per heavy atom. The second-order valence-electron chi connectivity index (χ2n) is 3.20. The zero-order chi connectivity index (χ0) is 10.8. The van der Waals surface area contributed by atoms with Crippen molar-refractivity contribution in [2.75, 3.05) is 7.11 Å². The van der Waals surface area contributed by atoms with E-state index in [1.807, 2.05) is 18.2 Å². The Hall–Kier alpha value is -2.03. The van der Waals surface area contributed by atoms with Crippen LogP contribution in [0.1, 0.15) is 10.4 Å². The van der Waals surface area contributed by atoms with Crippen LogP contribution in [0.2, 0.25) is 0 Å². The molecule has 3 nitrogen and oxygen atoms in total. The maximum Gasteiger partial charge on any atom is 0.335 e. The van der Waals surface area contributed by atoms with E-state index in [1.54, 1.807) is 25.3 Å². The molecule has 0 atom stereocenters. The van der Waals surface area contributed by atoms with Gasteiger partial charge < -0.3 is 9.84 Å². The minimum atomic E-state index is -0.928. The molecule has 2 aromatic carbocycles.